The molecule has 0 radical (unpaired) electrons. The molecule has 0 saturated carbocycles. The van der Waals surface area contributed by atoms with Gasteiger partial charge in [0, 0.05) is 19.5 Å². The molecule has 0 aliphatic carbocycles. The Morgan fingerprint density at radius 2 is 1.40 bits per heavy atom. The zero-order valence-corrected chi connectivity index (χ0v) is 24.4. The van der Waals surface area contributed by atoms with Crippen LogP contribution < -0.4 is 9.62 Å². The van der Waals surface area contributed by atoms with E-state index in [4.69, 9.17) is 0 Å². The fourth-order valence-electron chi connectivity index (χ4n) is 4.59. The van der Waals surface area contributed by atoms with E-state index in [0.717, 1.165) is 33.1 Å². The second kappa shape index (κ2) is 13.9. The van der Waals surface area contributed by atoms with Crippen LogP contribution in [-0.2, 0) is 32.6 Å². The Balaban J connectivity index is 1.78. The Labute approximate surface area is 246 Å². The van der Waals surface area contributed by atoms with Gasteiger partial charge in [0.05, 0.1) is 10.6 Å². The van der Waals surface area contributed by atoms with Crippen LogP contribution >= 0.6 is 0 Å². The molecule has 0 fully saturated rings. The van der Waals surface area contributed by atoms with Crippen molar-refractivity contribution in [3.8, 4) is 0 Å². The topological polar surface area (TPSA) is 86.8 Å². The molecular weight excluding hydrogens is 553 g/mol. The molecule has 0 heterocycles. The van der Waals surface area contributed by atoms with E-state index in [1.165, 1.54) is 29.2 Å². The summed E-state index contributed by atoms with van der Waals surface area (Å²) in [5, 5.41) is 2.84. The van der Waals surface area contributed by atoms with E-state index in [0.29, 0.717) is 6.54 Å². The van der Waals surface area contributed by atoms with Crippen LogP contribution in [0.3, 0.4) is 0 Å². The van der Waals surface area contributed by atoms with E-state index >= 15 is 0 Å². The van der Waals surface area contributed by atoms with Gasteiger partial charge in [-0.15, -0.1) is 0 Å². The Bertz CT molecular complexity index is 1580. The van der Waals surface area contributed by atoms with E-state index in [1.807, 2.05) is 61.5 Å². The van der Waals surface area contributed by atoms with Crippen molar-refractivity contribution in [2.45, 2.75) is 37.8 Å². The highest BCUT2D eigenvalue weighted by molar-refractivity contribution is 7.92. The summed E-state index contributed by atoms with van der Waals surface area (Å²) in [5.41, 5.74) is 2.80. The van der Waals surface area contributed by atoms with Gasteiger partial charge in [0.15, 0.2) is 0 Å². The van der Waals surface area contributed by atoms with Gasteiger partial charge in [-0.2, -0.15) is 0 Å². The van der Waals surface area contributed by atoms with Crippen LogP contribution in [0.25, 0.3) is 0 Å². The zero-order valence-electron chi connectivity index (χ0n) is 23.6. The maximum absolute atomic E-state index is 14.2. The minimum atomic E-state index is -4.23. The van der Waals surface area contributed by atoms with E-state index < -0.39 is 34.3 Å². The number of nitrogens with zero attached hydrogens (tertiary/aromatic N) is 2. The van der Waals surface area contributed by atoms with Gasteiger partial charge in [-0.05, 0) is 61.4 Å². The normalized spacial score (nSPS) is 11.9. The quantitative estimate of drug-likeness (QED) is 0.250. The fourth-order valence-corrected chi connectivity index (χ4v) is 6.03. The number of amides is 2. The molecule has 0 spiro atoms. The summed E-state index contributed by atoms with van der Waals surface area (Å²) in [5.74, 6) is -1.46. The number of anilines is 1. The lowest BCUT2D eigenvalue weighted by Gasteiger charge is -2.33. The van der Waals surface area contributed by atoms with E-state index in [1.54, 1.807) is 25.1 Å². The molecule has 42 heavy (non-hydrogen) atoms. The number of rotatable bonds is 12. The first-order valence-electron chi connectivity index (χ1n) is 13.7. The van der Waals surface area contributed by atoms with Crippen molar-refractivity contribution in [1.29, 1.82) is 0 Å². The minimum Gasteiger partial charge on any atom is -0.355 e. The predicted octanol–water partition coefficient (Wildman–Crippen LogP) is 5.11. The van der Waals surface area contributed by atoms with Crippen LogP contribution in [0.5, 0.6) is 0 Å². The minimum absolute atomic E-state index is 0.0169. The summed E-state index contributed by atoms with van der Waals surface area (Å²) < 4.78 is 42.5. The number of carbonyl (C=O) groups is 2. The molecule has 1 unspecified atom stereocenters. The summed E-state index contributed by atoms with van der Waals surface area (Å²) in [6.07, 6.45) is 0.228. The Hall–Kier alpha value is -4.50. The van der Waals surface area contributed by atoms with E-state index in [9.17, 15) is 22.4 Å². The molecule has 0 aliphatic heterocycles. The molecule has 1 N–H and O–H groups in total. The first kappa shape index (κ1) is 30.5. The molecule has 0 saturated heterocycles. The third-order valence-corrected chi connectivity index (χ3v) is 8.61. The fraction of sp³-hybridized carbons (Fsp3) is 0.212. The third kappa shape index (κ3) is 7.61. The number of hydrogen-bond acceptors (Lipinski definition) is 4. The van der Waals surface area contributed by atoms with Crippen molar-refractivity contribution < 1.29 is 22.4 Å². The highest BCUT2D eigenvalue weighted by Crippen LogP contribution is 2.25. The maximum Gasteiger partial charge on any atom is 0.264 e. The van der Waals surface area contributed by atoms with Crippen LogP contribution in [0.2, 0.25) is 0 Å². The average Bonchev–Trinajstić information content (AvgIpc) is 3.00. The van der Waals surface area contributed by atoms with Gasteiger partial charge in [0.1, 0.15) is 18.4 Å². The van der Waals surface area contributed by atoms with E-state index in [-0.39, 0.29) is 29.5 Å². The van der Waals surface area contributed by atoms with Crippen molar-refractivity contribution in [3.63, 3.8) is 0 Å². The number of nitrogens with one attached hydrogen (secondary N) is 1. The van der Waals surface area contributed by atoms with Crippen LogP contribution in [0.1, 0.15) is 23.6 Å². The summed E-state index contributed by atoms with van der Waals surface area (Å²) in [7, 11) is -4.23. The number of aryl methyl sites for hydroxylation is 1. The van der Waals surface area contributed by atoms with Crippen molar-refractivity contribution >= 4 is 27.5 Å². The molecule has 7 nitrogen and oxygen atoms in total. The van der Waals surface area contributed by atoms with Gasteiger partial charge in [-0.25, -0.2) is 12.8 Å². The van der Waals surface area contributed by atoms with Crippen LogP contribution in [0, 0.1) is 12.7 Å². The summed E-state index contributed by atoms with van der Waals surface area (Å²) in [6.45, 7) is 3.59. The van der Waals surface area contributed by atoms with Gasteiger partial charge in [0.2, 0.25) is 11.8 Å². The highest BCUT2D eigenvalue weighted by atomic mass is 32.2. The molecule has 4 rings (SSSR count). The summed E-state index contributed by atoms with van der Waals surface area (Å²) in [4.78, 5) is 29.1. The lowest BCUT2D eigenvalue weighted by molar-refractivity contribution is -0.140. The molecule has 0 aromatic heterocycles. The molecule has 4 aromatic carbocycles. The third-order valence-electron chi connectivity index (χ3n) is 6.82. The highest BCUT2D eigenvalue weighted by Gasteiger charge is 2.34. The molecule has 2 amide bonds. The van der Waals surface area contributed by atoms with Crippen LogP contribution in [0.4, 0.5) is 10.1 Å². The zero-order chi connectivity index (χ0) is 30.1. The number of carbonyl (C=O) groups excluding carboxylic acids is 2. The Kier molecular flexibility index (Phi) is 10.1. The Morgan fingerprint density at radius 1 is 0.810 bits per heavy atom. The molecule has 9 heteroatoms. The van der Waals surface area contributed by atoms with Gasteiger partial charge in [0.25, 0.3) is 10.0 Å². The molecule has 1 atom stereocenters. The number of likely N-dealkylation sites (N-methyl/N-ethyl adjacent to an activating group) is 1. The van der Waals surface area contributed by atoms with Gasteiger partial charge >= 0.3 is 0 Å². The second-order valence-corrected chi connectivity index (χ2v) is 11.8. The van der Waals surface area contributed by atoms with E-state index in [2.05, 4.69) is 5.32 Å². The molecular formula is C33H34FN3O4S. The van der Waals surface area contributed by atoms with Crippen molar-refractivity contribution in [2.75, 3.05) is 17.4 Å². The lowest BCUT2D eigenvalue weighted by atomic mass is 10.0. The monoisotopic (exact) mass is 587 g/mol. The van der Waals surface area contributed by atoms with Crippen LogP contribution in [0.15, 0.2) is 114 Å². The number of halogens is 1. The van der Waals surface area contributed by atoms with Gasteiger partial charge in [-0.1, -0.05) is 78.4 Å². The van der Waals surface area contributed by atoms with Gasteiger partial charge in [-0.3, -0.25) is 13.9 Å². The predicted molar refractivity (Wildman–Crippen MR) is 162 cm³/mol. The average molecular weight is 588 g/mol. The summed E-state index contributed by atoms with van der Waals surface area (Å²) >= 11 is 0. The second-order valence-electron chi connectivity index (χ2n) is 9.91. The number of hydrogen-bond donors (Lipinski definition) is 1. The first-order valence-corrected chi connectivity index (χ1v) is 15.1. The standard InChI is InChI=1S/C33H34FN3O4S/c1-3-35-33(39)31(22-26-10-6-4-7-11-26)36(23-27-16-14-25(2)15-17-27)32(38)24-37(29-20-18-28(34)19-21-29)42(40,41)30-12-8-5-9-13-30/h4-21,31H,3,22-24H2,1-2H3,(H,35,39). The smallest absolute Gasteiger partial charge is 0.264 e. The largest absolute Gasteiger partial charge is 0.355 e. The number of sulfonamides is 1. The van der Waals surface area contributed by atoms with Crippen molar-refractivity contribution in [3.05, 3.63) is 132 Å². The summed E-state index contributed by atoms with van der Waals surface area (Å²) in [6, 6.07) is 28.7. The lowest BCUT2D eigenvalue weighted by Crippen LogP contribution is -2.53. The van der Waals surface area contributed by atoms with Crippen LogP contribution in [-0.4, -0.2) is 44.3 Å². The molecule has 0 aliphatic rings. The Morgan fingerprint density at radius 3 is 2.00 bits per heavy atom. The van der Waals surface area contributed by atoms with Crippen molar-refractivity contribution in [1.82, 2.24) is 10.2 Å². The molecule has 218 valence electrons. The van der Waals surface area contributed by atoms with Crippen molar-refractivity contribution in [2.24, 2.45) is 0 Å². The maximum atomic E-state index is 14.2. The molecule has 0 bridgehead atoms. The first-order chi connectivity index (χ1) is 20.2. The SMILES string of the molecule is CCNC(=O)C(Cc1ccccc1)N(Cc1ccc(C)cc1)C(=O)CN(c1ccc(F)cc1)S(=O)(=O)c1ccccc1. The van der Waals surface area contributed by atoms with Gasteiger partial charge < -0.3 is 10.2 Å². The number of benzene rings is 4. The molecule has 4 aromatic rings.